The van der Waals surface area contributed by atoms with Gasteiger partial charge in [0.15, 0.2) is 0 Å². The van der Waals surface area contributed by atoms with Crippen molar-refractivity contribution in [3.8, 4) is 0 Å². The topological polar surface area (TPSA) is 66.3 Å². The van der Waals surface area contributed by atoms with Crippen molar-refractivity contribution in [2.45, 2.75) is 25.9 Å². The Morgan fingerprint density at radius 1 is 1.19 bits per heavy atom. The van der Waals surface area contributed by atoms with Gasteiger partial charge in [-0.25, -0.2) is 4.98 Å². The van der Waals surface area contributed by atoms with Gasteiger partial charge in [0.2, 0.25) is 11.9 Å². The molecule has 1 aliphatic rings. The molecule has 0 radical (unpaired) electrons. The van der Waals surface area contributed by atoms with Crippen LogP contribution in [0.1, 0.15) is 13.8 Å². The van der Waals surface area contributed by atoms with Gasteiger partial charge in [-0.1, -0.05) is 12.1 Å². The van der Waals surface area contributed by atoms with Crippen molar-refractivity contribution in [3.05, 3.63) is 48.8 Å². The zero-order chi connectivity index (χ0) is 21.5. The molecular formula is C23H26N6OS. The summed E-state index contributed by atoms with van der Waals surface area (Å²) in [7, 11) is 1.92. The van der Waals surface area contributed by atoms with Crippen molar-refractivity contribution < 1.29 is 4.79 Å². The average molecular weight is 435 g/mol. The molecule has 1 N–H and O–H groups in total. The van der Waals surface area contributed by atoms with Crippen LogP contribution in [0.2, 0.25) is 0 Å². The van der Waals surface area contributed by atoms with Crippen LogP contribution >= 0.6 is 11.3 Å². The molecular weight excluding hydrogens is 408 g/mol. The molecule has 2 atom stereocenters. The van der Waals surface area contributed by atoms with E-state index in [4.69, 9.17) is 0 Å². The second-order valence-electron chi connectivity index (χ2n) is 8.33. The molecule has 4 heterocycles. The number of hydrogen-bond acceptors (Lipinski definition) is 6. The van der Waals surface area contributed by atoms with Gasteiger partial charge in [0.05, 0.1) is 22.6 Å². The quantitative estimate of drug-likeness (QED) is 0.530. The van der Waals surface area contributed by atoms with Crippen molar-refractivity contribution in [2.75, 3.05) is 29.9 Å². The number of rotatable bonds is 4. The first-order valence-electron chi connectivity index (χ1n) is 10.5. The monoisotopic (exact) mass is 434 g/mol. The minimum Gasteiger partial charge on any atom is -0.355 e. The van der Waals surface area contributed by atoms with E-state index in [0.717, 1.165) is 24.1 Å². The van der Waals surface area contributed by atoms with Crippen LogP contribution in [0.15, 0.2) is 48.8 Å². The molecule has 1 aromatic carbocycles. The van der Waals surface area contributed by atoms with Gasteiger partial charge in [-0.2, -0.15) is 0 Å². The molecule has 0 unspecified atom stereocenters. The molecule has 4 aromatic rings. The molecule has 3 aromatic heterocycles. The lowest BCUT2D eigenvalue weighted by atomic mass is 10.1. The number of nitrogens with one attached hydrogen (secondary N) is 1. The standard InChI is InChI=1S/C23H26N6OS/c1-15-12-28(13-16(2)29(15)22-10-17-11-24-9-8-20(17)31-22)14-21(30)26-23-25-18-6-4-5-7-19(18)27(23)3/h4-11,15-16H,12-14H2,1-3H3,(H,25,26,30)/t15-,16+. The van der Waals surface area contributed by atoms with Crippen LogP contribution in [0.5, 0.6) is 0 Å². The van der Waals surface area contributed by atoms with E-state index in [1.165, 1.54) is 15.1 Å². The van der Waals surface area contributed by atoms with E-state index >= 15 is 0 Å². The largest absolute Gasteiger partial charge is 0.355 e. The third-order valence-corrected chi connectivity index (χ3v) is 7.09. The fourth-order valence-electron chi connectivity index (χ4n) is 4.62. The Kier molecular flexibility index (Phi) is 5.11. The molecule has 1 saturated heterocycles. The Morgan fingerprint density at radius 3 is 2.71 bits per heavy atom. The van der Waals surface area contributed by atoms with Gasteiger partial charge < -0.3 is 9.47 Å². The molecule has 5 rings (SSSR count). The molecule has 1 aliphatic heterocycles. The maximum Gasteiger partial charge on any atom is 0.240 e. The average Bonchev–Trinajstić information content (AvgIpc) is 3.29. The van der Waals surface area contributed by atoms with Gasteiger partial charge in [0.25, 0.3) is 0 Å². The van der Waals surface area contributed by atoms with Crippen LogP contribution in [0, 0.1) is 0 Å². The number of piperazine rings is 1. The number of nitrogens with zero attached hydrogens (tertiary/aromatic N) is 5. The first-order chi connectivity index (χ1) is 15.0. The van der Waals surface area contributed by atoms with Crippen molar-refractivity contribution in [1.29, 1.82) is 0 Å². The van der Waals surface area contributed by atoms with Crippen LogP contribution in [0.4, 0.5) is 10.9 Å². The maximum atomic E-state index is 12.8. The summed E-state index contributed by atoms with van der Waals surface area (Å²) in [4.78, 5) is 26.3. The van der Waals surface area contributed by atoms with E-state index in [9.17, 15) is 4.79 Å². The highest BCUT2D eigenvalue weighted by atomic mass is 32.1. The zero-order valence-corrected chi connectivity index (χ0v) is 18.8. The van der Waals surface area contributed by atoms with Gasteiger partial charge in [0, 0.05) is 54.7 Å². The molecule has 1 amide bonds. The molecule has 0 aliphatic carbocycles. The molecule has 0 spiro atoms. The predicted octanol–water partition coefficient (Wildman–Crippen LogP) is 3.72. The van der Waals surface area contributed by atoms with Crippen molar-refractivity contribution in [1.82, 2.24) is 19.4 Å². The maximum absolute atomic E-state index is 12.8. The number of benzene rings is 1. The van der Waals surface area contributed by atoms with Crippen LogP contribution in [0.3, 0.4) is 0 Å². The van der Waals surface area contributed by atoms with Crippen molar-refractivity contribution in [2.24, 2.45) is 7.05 Å². The molecule has 1 fully saturated rings. The number of carbonyl (C=O) groups is 1. The third kappa shape index (κ3) is 3.77. The number of pyridine rings is 1. The van der Waals surface area contributed by atoms with E-state index in [0.29, 0.717) is 24.6 Å². The lowest BCUT2D eigenvalue weighted by molar-refractivity contribution is -0.117. The number of imidazole rings is 1. The number of fused-ring (bicyclic) bond motifs is 2. The first kappa shape index (κ1) is 20.0. The number of amides is 1. The van der Waals surface area contributed by atoms with E-state index in [-0.39, 0.29) is 5.91 Å². The third-order valence-electron chi connectivity index (χ3n) is 5.96. The Morgan fingerprint density at radius 2 is 1.97 bits per heavy atom. The number of aryl methyl sites for hydroxylation is 1. The van der Waals surface area contributed by atoms with E-state index in [1.807, 2.05) is 59.6 Å². The molecule has 7 nitrogen and oxygen atoms in total. The smallest absolute Gasteiger partial charge is 0.240 e. The first-order valence-corrected chi connectivity index (χ1v) is 11.4. The van der Waals surface area contributed by atoms with Gasteiger partial charge in [-0.3, -0.25) is 20.0 Å². The number of hydrogen-bond donors (Lipinski definition) is 1. The Balaban J connectivity index is 1.26. The summed E-state index contributed by atoms with van der Waals surface area (Å²) in [5, 5.41) is 5.45. The minimum atomic E-state index is -0.0285. The summed E-state index contributed by atoms with van der Waals surface area (Å²) >= 11 is 1.81. The van der Waals surface area contributed by atoms with E-state index in [2.05, 4.69) is 51.1 Å². The fourth-order valence-corrected chi connectivity index (χ4v) is 5.85. The Bertz CT molecular complexity index is 1200. The lowest BCUT2D eigenvalue weighted by Crippen LogP contribution is -2.57. The number of aromatic nitrogens is 3. The number of anilines is 2. The van der Waals surface area contributed by atoms with E-state index < -0.39 is 0 Å². The summed E-state index contributed by atoms with van der Waals surface area (Å²) in [6.45, 7) is 6.50. The second kappa shape index (κ2) is 7.94. The summed E-state index contributed by atoms with van der Waals surface area (Å²) in [5.41, 5.74) is 1.89. The van der Waals surface area contributed by atoms with Crippen LogP contribution in [0.25, 0.3) is 21.1 Å². The Labute approximate surface area is 185 Å². The number of para-hydroxylation sites is 2. The van der Waals surface area contributed by atoms with E-state index in [1.54, 1.807) is 0 Å². The second-order valence-corrected chi connectivity index (χ2v) is 9.39. The highest BCUT2D eigenvalue weighted by molar-refractivity contribution is 7.22. The fraction of sp³-hybridized carbons (Fsp3) is 0.348. The van der Waals surface area contributed by atoms with Gasteiger partial charge in [-0.05, 0) is 38.1 Å². The number of carbonyl (C=O) groups excluding carboxylic acids is 1. The lowest BCUT2D eigenvalue weighted by Gasteiger charge is -2.45. The molecule has 160 valence electrons. The molecule has 0 bridgehead atoms. The molecule has 0 saturated carbocycles. The van der Waals surface area contributed by atoms with Crippen molar-refractivity contribution >= 4 is 49.3 Å². The van der Waals surface area contributed by atoms with Gasteiger partial charge in [0.1, 0.15) is 0 Å². The van der Waals surface area contributed by atoms with Gasteiger partial charge in [-0.15, -0.1) is 11.3 Å². The highest BCUT2D eigenvalue weighted by Crippen LogP contribution is 2.35. The summed E-state index contributed by atoms with van der Waals surface area (Å²) in [6, 6.07) is 12.8. The normalized spacial score (nSPS) is 19.9. The molecule has 8 heteroatoms. The summed E-state index contributed by atoms with van der Waals surface area (Å²) in [5.74, 6) is 0.559. The van der Waals surface area contributed by atoms with Crippen molar-refractivity contribution in [3.63, 3.8) is 0 Å². The van der Waals surface area contributed by atoms with Gasteiger partial charge >= 0.3 is 0 Å². The minimum absolute atomic E-state index is 0.0285. The zero-order valence-electron chi connectivity index (χ0n) is 17.9. The number of thiophene rings is 1. The SMILES string of the molecule is C[C@@H]1CN(CC(=O)Nc2nc3ccccc3n2C)C[C@H](C)N1c1cc2cnccc2s1. The highest BCUT2D eigenvalue weighted by Gasteiger charge is 2.31. The molecule has 31 heavy (non-hydrogen) atoms. The summed E-state index contributed by atoms with van der Waals surface area (Å²) in [6.07, 6.45) is 3.77. The Hall–Kier alpha value is -2.97. The summed E-state index contributed by atoms with van der Waals surface area (Å²) < 4.78 is 3.18. The van der Waals surface area contributed by atoms with Crippen LogP contribution in [-0.2, 0) is 11.8 Å². The van der Waals surface area contributed by atoms with Crippen LogP contribution in [-0.4, -0.2) is 57.1 Å². The predicted molar refractivity (Wildman–Crippen MR) is 127 cm³/mol. The van der Waals surface area contributed by atoms with Crippen LogP contribution < -0.4 is 10.2 Å².